The molecule has 0 saturated carbocycles. The van der Waals surface area contributed by atoms with Crippen LogP contribution in [0, 0.1) is 0 Å². The Balaban J connectivity index is 1.60. The molecule has 1 heterocycles. The number of piperidine rings is 1. The fourth-order valence-electron chi connectivity index (χ4n) is 3.53. The highest BCUT2D eigenvalue weighted by atomic mass is 16.5. The number of nitrogens with one attached hydrogen (secondary N) is 1. The van der Waals surface area contributed by atoms with Crippen LogP contribution in [0.1, 0.15) is 33.1 Å². The minimum absolute atomic E-state index is 0.0445. The SMILES string of the molecule is CCOc1ccc(N(CC(=O)Nc2ccc(N3CCCCC3)cc2)C(C)=O)cc1. The first-order chi connectivity index (χ1) is 14.1. The standard InChI is InChI=1S/C23H29N3O3/c1-3-29-22-13-11-21(12-14-22)26(18(2)27)17-23(28)24-19-7-9-20(10-8-19)25-15-5-4-6-16-25/h7-14H,3-6,15-17H2,1-2H3,(H,24,28). The number of anilines is 3. The predicted octanol–water partition coefficient (Wildman–Crippen LogP) is 4.07. The van der Waals surface area contributed by atoms with Crippen molar-refractivity contribution < 1.29 is 14.3 Å². The first-order valence-corrected chi connectivity index (χ1v) is 10.2. The Morgan fingerprint density at radius 2 is 1.66 bits per heavy atom. The summed E-state index contributed by atoms with van der Waals surface area (Å²) in [6, 6.07) is 15.1. The van der Waals surface area contributed by atoms with Gasteiger partial charge in [-0.3, -0.25) is 9.59 Å². The maximum Gasteiger partial charge on any atom is 0.244 e. The quantitative estimate of drug-likeness (QED) is 0.768. The lowest BCUT2D eigenvalue weighted by Crippen LogP contribution is -2.36. The number of hydrogen-bond acceptors (Lipinski definition) is 4. The maximum absolute atomic E-state index is 12.5. The number of nitrogens with zero attached hydrogens (tertiary/aromatic N) is 2. The monoisotopic (exact) mass is 395 g/mol. The minimum atomic E-state index is -0.236. The van der Waals surface area contributed by atoms with Crippen LogP contribution in [0.25, 0.3) is 0 Å². The molecule has 1 aliphatic heterocycles. The van der Waals surface area contributed by atoms with Gasteiger partial charge in [0, 0.05) is 37.1 Å². The number of benzene rings is 2. The lowest BCUT2D eigenvalue weighted by atomic mass is 10.1. The van der Waals surface area contributed by atoms with Crippen molar-refractivity contribution in [2.75, 3.05) is 41.4 Å². The Hall–Kier alpha value is -3.02. The summed E-state index contributed by atoms with van der Waals surface area (Å²) in [5.41, 5.74) is 2.57. The molecule has 2 aromatic rings. The number of carbonyl (C=O) groups excluding carboxylic acids is 2. The van der Waals surface area contributed by atoms with Gasteiger partial charge in [-0.05, 0) is 74.7 Å². The van der Waals surface area contributed by atoms with Gasteiger partial charge in [-0.2, -0.15) is 0 Å². The van der Waals surface area contributed by atoms with Crippen LogP contribution in [-0.4, -0.2) is 38.1 Å². The van der Waals surface area contributed by atoms with Gasteiger partial charge in [0.15, 0.2) is 0 Å². The van der Waals surface area contributed by atoms with Crippen LogP contribution in [0.5, 0.6) is 5.75 Å². The predicted molar refractivity (Wildman–Crippen MR) is 117 cm³/mol. The Morgan fingerprint density at radius 3 is 2.24 bits per heavy atom. The molecule has 1 aliphatic rings. The third-order valence-electron chi connectivity index (χ3n) is 5.01. The molecule has 2 aromatic carbocycles. The fraction of sp³-hybridized carbons (Fsp3) is 0.391. The smallest absolute Gasteiger partial charge is 0.244 e. The summed E-state index contributed by atoms with van der Waals surface area (Å²) in [5.74, 6) is 0.308. The van der Waals surface area contributed by atoms with Crippen molar-refractivity contribution in [2.45, 2.75) is 33.1 Å². The van der Waals surface area contributed by atoms with Gasteiger partial charge >= 0.3 is 0 Å². The van der Waals surface area contributed by atoms with E-state index in [1.165, 1.54) is 36.8 Å². The summed E-state index contributed by atoms with van der Waals surface area (Å²) >= 11 is 0. The number of amides is 2. The van der Waals surface area contributed by atoms with E-state index in [-0.39, 0.29) is 18.4 Å². The topological polar surface area (TPSA) is 61.9 Å². The second-order valence-electron chi connectivity index (χ2n) is 7.17. The largest absolute Gasteiger partial charge is 0.494 e. The lowest BCUT2D eigenvalue weighted by molar-refractivity contribution is -0.120. The van der Waals surface area contributed by atoms with Crippen LogP contribution >= 0.6 is 0 Å². The van der Waals surface area contributed by atoms with E-state index in [0.29, 0.717) is 12.3 Å². The molecule has 29 heavy (non-hydrogen) atoms. The molecule has 0 aliphatic carbocycles. The molecular formula is C23H29N3O3. The van der Waals surface area contributed by atoms with Gasteiger partial charge in [-0.1, -0.05) is 0 Å². The van der Waals surface area contributed by atoms with Crippen LogP contribution in [-0.2, 0) is 9.59 Å². The van der Waals surface area contributed by atoms with Gasteiger partial charge < -0.3 is 19.9 Å². The average Bonchev–Trinajstić information content (AvgIpc) is 2.74. The Bertz CT molecular complexity index is 812. The van der Waals surface area contributed by atoms with E-state index in [9.17, 15) is 9.59 Å². The van der Waals surface area contributed by atoms with Crippen molar-refractivity contribution in [2.24, 2.45) is 0 Å². The van der Waals surface area contributed by atoms with Crippen molar-refractivity contribution in [3.63, 3.8) is 0 Å². The van der Waals surface area contributed by atoms with E-state index >= 15 is 0 Å². The number of rotatable bonds is 7. The van der Waals surface area contributed by atoms with E-state index in [1.807, 2.05) is 31.2 Å². The van der Waals surface area contributed by atoms with Crippen molar-refractivity contribution in [1.82, 2.24) is 0 Å². The minimum Gasteiger partial charge on any atom is -0.494 e. The first kappa shape index (κ1) is 20.7. The van der Waals surface area contributed by atoms with E-state index in [0.717, 1.165) is 24.5 Å². The van der Waals surface area contributed by atoms with Crippen LogP contribution in [0.2, 0.25) is 0 Å². The highest BCUT2D eigenvalue weighted by Crippen LogP contribution is 2.22. The fourth-order valence-corrected chi connectivity index (χ4v) is 3.53. The van der Waals surface area contributed by atoms with Crippen molar-refractivity contribution >= 4 is 28.9 Å². The molecule has 1 saturated heterocycles. The maximum atomic E-state index is 12.5. The molecule has 6 nitrogen and oxygen atoms in total. The van der Waals surface area contributed by atoms with Gasteiger partial charge in [-0.25, -0.2) is 0 Å². The van der Waals surface area contributed by atoms with Gasteiger partial charge in [-0.15, -0.1) is 0 Å². The summed E-state index contributed by atoms with van der Waals surface area (Å²) in [7, 11) is 0. The van der Waals surface area contributed by atoms with Crippen molar-refractivity contribution in [3.05, 3.63) is 48.5 Å². The van der Waals surface area contributed by atoms with E-state index < -0.39 is 0 Å². The molecule has 2 amide bonds. The summed E-state index contributed by atoms with van der Waals surface area (Å²) < 4.78 is 5.43. The van der Waals surface area contributed by atoms with Crippen LogP contribution in [0.15, 0.2) is 48.5 Å². The van der Waals surface area contributed by atoms with Crippen molar-refractivity contribution in [1.29, 1.82) is 0 Å². The molecule has 0 unspecified atom stereocenters. The molecule has 1 N–H and O–H groups in total. The highest BCUT2D eigenvalue weighted by molar-refractivity contribution is 6.01. The number of ether oxygens (including phenoxy) is 1. The zero-order valence-electron chi connectivity index (χ0n) is 17.2. The summed E-state index contributed by atoms with van der Waals surface area (Å²) in [6.07, 6.45) is 3.75. The Kier molecular flexibility index (Phi) is 7.11. The summed E-state index contributed by atoms with van der Waals surface area (Å²) in [6.45, 7) is 6.07. The molecule has 1 fully saturated rings. The molecular weight excluding hydrogens is 366 g/mol. The number of hydrogen-bond donors (Lipinski definition) is 1. The van der Waals surface area contributed by atoms with Crippen LogP contribution < -0.4 is 19.9 Å². The highest BCUT2D eigenvalue weighted by Gasteiger charge is 2.16. The van der Waals surface area contributed by atoms with Gasteiger partial charge in [0.25, 0.3) is 0 Å². The molecule has 0 radical (unpaired) electrons. The van der Waals surface area contributed by atoms with Gasteiger partial charge in [0.05, 0.1) is 6.61 Å². The van der Waals surface area contributed by atoms with E-state index in [2.05, 4.69) is 10.2 Å². The van der Waals surface area contributed by atoms with E-state index in [4.69, 9.17) is 4.74 Å². The summed E-state index contributed by atoms with van der Waals surface area (Å²) in [4.78, 5) is 28.4. The lowest BCUT2D eigenvalue weighted by Gasteiger charge is -2.28. The Morgan fingerprint density at radius 1 is 1.00 bits per heavy atom. The Labute approximate surface area is 172 Å². The normalized spacial score (nSPS) is 13.7. The average molecular weight is 396 g/mol. The molecule has 0 aromatic heterocycles. The zero-order chi connectivity index (χ0) is 20.6. The number of carbonyl (C=O) groups is 2. The third-order valence-corrected chi connectivity index (χ3v) is 5.01. The third kappa shape index (κ3) is 5.73. The first-order valence-electron chi connectivity index (χ1n) is 10.2. The molecule has 0 spiro atoms. The molecule has 6 heteroatoms. The second kappa shape index (κ2) is 9.96. The van der Waals surface area contributed by atoms with Crippen LogP contribution in [0.4, 0.5) is 17.1 Å². The summed E-state index contributed by atoms with van der Waals surface area (Å²) in [5, 5.41) is 2.88. The zero-order valence-corrected chi connectivity index (χ0v) is 17.2. The molecule has 0 atom stereocenters. The van der Waals surface area contributed by atoms with Gasteiger partial charge in [0.2, 0.25) is 11.8 Å². The van der Waals surface area contributed by atoms with Gasteiger partial charge in [0.1, 0.15) is 12.3 Å². The molecule has 154 valence electrons. The van der Waals surface area contributed by atoms with Crippen LogP contribution in [0.3, 0.4) is 0 Å². The molecule has 0 bridgehead atoms. The van der Waals surface area contributed by atoms with E-state index in [1.54, 1.807) is 24.3 Å². The molecule has 3 rings (SSSR count). The van der Waals surface area contributed by atoms with Crippen molar-refractivity contribution in [3.8, 4) is 5.75 Å². The second-order valence-corrected chi connectivity index (χ2v) is 7.17.